The highest BCUT2D eigenvalue weighted by Gasteiger charge is 2.13. The topological polar surface area (TPSA) is 67.2 Å². The van der Waals surface area contributed by atoms with Crippen LogP contribution in [0.5, 0.6) is 0 Å². The van der Waals surface area contributed by atoms with Gasteiger partial charge in [0.2, 0.25) is 11.8 Å². The first-order chi connectivity index (χ1) is 17.0. The number of carbonyl (C=O) groups is 1. The molecule has 0 fully saturated rings. The molecule has 0 saturated carbocycles. The molecule has 4 aromatic carbocycles. The summed E-state index contributed by atoms with van der Waals surface area (Å²) in [5, 5.41) is 9.16. The highest BCUT2D eigenvalue weighted by molar-refractivity contribution is 8.00. The molecule has 1 heterocycles. The fourth-order valence-electron chi connectivity index (χ4n) is 3.58. The number of nitrogens with zero attached hydrogens (tertiary/aromatic N) is 1. The predicted molar refractivity (Wildman–Crippen MR) is 149 cm³/mol. The van der Waals surface area contributed by atoms with Crippen molar-refractivity contribution in [1.82, 2.24) is 10.3 Å². The first-order valence-electron chi connectivity index (χ1n) is 10.5. The molecule has 5 nitrogen and oxygen atoms in total. The summed E-state index contributed by atoms with van der Waals surface area (Å²) in [4.78, 5) is 17.9. The number of fused-ring (bicyclic) bond motifs is 2. The van der Waals surface area contributed by atoms with E-state index < -0.39 is 0 Å². The number of nitrogens with one attached hydrogen (secondary N) is 2. The van der Waals surface area contributed by atoms with Gasteiger partial charge in [0.1, 0.15) is 5.52 Å². The van der Waals surface area contributed by atoms with E-state index in [0.717, 1.165) is 21.2 Å². The summed E-state index contributed by atoms with van der Waals surface area (Å²) in [6, 6.07) is 24.4. The number of hydrogen-bond donors (Lipinski definition) is 2. The molecule has 2 N–H and O–H groups in total. The minimum atomic E-state index is -0.207. The quantitative estimate of drug-likeness (QED) is 0.178. The Morgan fingerprint density at radius 1 is 0.971 bits per heavy atom. The summed E-state index contributed by atoms with van der Waals surface area (Å²) >= 11 is 18.9. The van der Waals surface area contributed by atoms with Crippen molar-refractivity contribution in [3.63, 3.8) is 0 Å². The number of halogens is 2. The zero-order chi connectivity index (χ0) is 24.4. The monoisotopic (exact) mass is 537 g/mol. The molecule has 35 heavy (non-hydrogen) atoms. The largest absolute Gasteiger partial charge is 0.436 e. The highest BCUT2D eigenvalue weighted by Crippen LogP contribution is 2.34. The number of thiocarbonyl (C=S) groups is 1. The maximum atomic E-state index is 12.3. The average Bonchev–Trinajstić information content (AvgIpc) is 3.27. The second kappa shape index (κ2) is 10.3. The van der Waals surface area contributed by atoms with Crippen molar-refractivity contribution in [1.29, 1.82) is 0 Å². The zero-order valence-electron chi connectivity index (χ0n) is 18.0. The van der Waals surface area contributed by atoms with Crippen LogP contribution in [0.15, 0.2) is 88.2 Å². The van der Waals surface area contributed by atoms with Gasteiger partial charge in [0.05, 0.1) is 5.75 Å². The number of carbonyl (C=O) groups excluding carboxylic acids is 1. The Morgan fingerprint density at radius 3 is 2.57 bits per heavy atom. The summed E-state index contributed by atoms with van der Waals surface area (Å²) < 4.78 is 6.01. The molecule has 0 saturated heterocycles. The van der Waals surface area contributed by atoms with Gasteiger partial charge in [-0.05, 0) is 72.2 Å². The normalized spacial score (nSPS) is 11.0. The van der Waals surface area contributed by atoms with E-state index in [1.807, 2.05) is 66.7 Å². The van der Waals surface area contributed by atoms with Crippen LogP contribution in [0, 0.1) is 0 Å². The van der Waals surface area contributed by atoms with E-state index in [9.17, 15) is 4.79 Å². The lowest BCUT2D eigenvalue weighted by Crippen LogP contribution is -2.35. The van der Waals surface area contributed by atoms with Gasteiger partial charge in [-0.25, -0.2) is 4.98 Å². The van der Waals surface area contributed by atoms with Gasteiger partial charge < -0.3 is 15.1 Å². The predicted octanol–water partition coefficient (Wildman–Crippen LogP) is 7.56. The second-order valence-corrected chi connectivity index (χ2v) is 9.89. The molecular weight excluding hydrogens is 521 g/mol. The molecule has 0 aliphatic carbocycles. The number of thioether (sulfide) groups is 1. The van der Waals surface area contributed by atoms with E-state index in [-0.39, 0.29) is 16.8 Å². The van der Waals surface area contributed by atoms with Gasteiger partial charge in [-0.3, -0.25) is 4.79 Å². The Bertz CT molecular complexity index is 1570. The summed E-state index contributed by atoms with van der Waals surface area (Å²) in [5.74, 6) is 0.520. The zero-order valence-corrected chi connectivity index (χ0v) is 21.2. The SMILES string of the molecule is O=C(CSc1ccc(Cl)cc1)NC(=S)Nc1ccc2oc(-c3cccc4c(Cl)cccc34)nc2c1. The lowest BCUT2D eigenvalue weighted by atomic mass is 10.0. The van der Waals surface area contributed by atoms with Crippen LogP contribution in [0.1, 0.15) is 0 Å². The fourth-order valence-corrected chi connectivity index (χ4v) is 4.88. The number of oxazole rings is 1. The van der Waals surface area contributed by atoms with Gasteiger partial charge in [0.15, 0.2) is 10.7 Å². The molecule has 1 aromatic heterocycles. The number of benzene rings is 4. The maximum absolute atomic E-state index is 12.3. The number of rotatable bonds is 5. The van der Waals surface area contributed by atoms with Gasteiger partial charge in [-0.15, -0.1) is 11.8 Å². The third-order valence-corrected chi connectivity index (χ3v) is 6.98. The molecule has 0 aliphatic heterocycles. The number of anilines is 1. The summed E-state index contributed by atoms with van der Waals surface area (Å²) in [6.45, 7) is 0. The second-order valence-electron chi connectivity index (χ2n) is 7.59. The molecule has 5 aromatic rings. The highest BCUT2D eigenvalue weighted by atomic mass is 35.5. The van der Waals surface area contributed by atoms with Crippen LogP contribution in [-0.4, -0.2) is 21.8 Å². The van der Waals surface area contributed by atoms with Crippen LogP contribution >= 0.6 is 47.2 Å². The average molecular weight is 538 g/mol. The smallest absolute Gasteiger partial charge is 0.236 e. The van der Waals surface area contributed by atoms with E-state index in [1.54, 1.807) is 12.1 Å². The third kappa shape index (κ3) is 5.44. The molecule has 174 valence electrons. The third-order valence-electron chi connectivity index (χ3n) is 5.18. The lowest BCUT2D eigenvalue weighted by Gasteiger charge is -2.09. The Kier molecular flexibility index (Phi) is 6.92. The van der Waals surface area contributed by atoms with Crippen LogP contribution in [0.2, 0.25) is 10.0 Å². The molecule has 0 atom stereocenters. The molecule has 0 spiro atoms. The minimum absolute atomic E-state index is 0.207. The standard InChI is InChI=1S/C26H17Cl2N3O2S2/c27-15-7-10-17(11-8-15)35-14-24(32)31-26(34)29-16-9-12-23-22(13-16)30-25(33-23)20-5-1-4-19-18(20)3-2-6-21(19)28/h1-13H,14H2,(H2,29,31,32,34). The Labute approximate surface area is 220 Å². The van der Waals surface area contributed by atoms with Crippen molar-refractivity contribution >= 4 is 85.8 Å². The van der Waals surface area contributed by atoms with Crippen molar-refractivity contribution in [3.05, 3.63) is 88.9 Å². The molecule has 5 rings (SSSR count). The molecule has 9 heteroatoms. The van der Waals surface area contributed by atoms with Gasteiger partial charge in [-0.2, -0.15) is 0 Å². The van der Waals surface area contributed by atoms with Crippen molar-refractivity contribution < 1.29 is 9.21 Å². The maximum Gasteiger partial charge on any atom is 0.236 e. The molecule has 0 bridgehead atoms. The fraction of sp³-hybridized carbons (Fsp3) is 0.0385. The van der Waals surface area contributed by atoms with Crippen LogP contribution in [0.4, 0.5) is 5.69 Å². The Morgan fingerprint density at radius 2 is 1.74 bits per heavy atom. The van der Waals surface area contributed by atoms with Gasteiger partial charge in [0.25, 0.3) is 0 Å². The molecule has 0 unspecified atom stereocenters. The van der Waals surface area contributed by atoms with Crippen LogP contribution in [-0.2, 0) is 4.79 Å². The van der Waals surface area contributed by atoms with Gasteiger partial charge in [0, 0.05) is 31.6 Å². The first kappa shape index (κ1) is 23.6. The summed E-state index contributed by atoms with van der Waals surface area (Å²) in [5.41, 5.74) is 2.85. The van der Waals surface area contributed by atoms with Crippen LogP contribution in [0.25, 0.3) is 33.3 Å². The Balaban J connectivity index is 1.27. The van der Waals surface area contributed by atoms with Crippen molar-refractivity contribution in [2.24, 2.45) is 0 Å². The van der Waals surface area contributed by atoms with E-state index in [2.05, 4.69) is 15.6 Å². The molecule has 1 amide bonds. The minimum Gasteiger partial charge on any atom is -0.436 e. The lowest BCUT2D eigenvalue weighted by molar-refractivity contribution is -0.117. The van der Waals surface area contributed by atoms with E-state index in [4.69, 9.17) is 39.8 Å². The van der Waals surface area contributed by atoms with Crippen molar-refractivity contribution in [2.75, 3.05) is 11.1 Å². The van der Waals surface area contributed by atoms with Crippen LogP contribution in [0.3, 0.4) is 0 Å². The number of amides is 1. The number of hydrogen-bond acceptors (Lipinski definition) is 5. The number of aromatic nitrogens is 1. The molecule has 0 aliphatic rings. The van der Waals surface area contributed by atoms with E-state index in [1.165, 1.54) is 11.8 Å². The van der Waals surface area contributed by atoms with Crippen LogP contribution < -0.4 is 10.6 Å². The summed E-state index contributed by atoms with van der Waals surface area (Å²) in [6.07, 6.45) is 0. The van der Waals surface area contributed by atoms with Gasteiger partial charge >= 0.3 is 0 Å². The Hall–Kier alpha value is -3.10. The molecular formula is C26H17Cl2N3O2S2. The van der Waals surface area contributed by atoms with Crippen molar-refractivity contribution in [2.45, 2.75) is 4.90 Å². The van der Waals surface area contributed by atoms with Gasteiger partial charge in [-0.1, -0.05) is 47.5 Å². The molecule has 0 radical (unpaired) electrons. The first-order valence-corrected chi connectivity index (χ1v) is 12.7. The van der Waals surface area contributed by atoms with E-state index >= 15 is 0 Å². The van der Waals surface area contributed by atoms with E-state index in [0.29, 0.717) is 32.7 Å². The van der Waals surface area contributed by atoms with Crippen molar-refractivity contribution in [3.8, 4) is 11.5 Å². The summed E-state index contributed by atoms with van der Waals surface area (Å²) in [7, 11) is 0.